The third kappa shape index (κ3) is 2.03. The maximum atomic E-state index is 10.2. The van der Waals surface area contributed by atoms with Gasteiger partial charge in [-0.3, -0.25) is 0 Å². The molecule has 0 amide bonds. The van der Waals surface area contributed by atoms with Crippen LogP contribution in [0.3, 0.4) is 0 Å². The predicted octanol–water partition coefficient (Wildman–Crippen LogP) is -0.0359. The highest BCUT2D eigenvalue weighted by Gasteiger charge is 2.35. The summed E-state index contributed by atoms with van der Waals surface area (Å²) in [5, 5.41) is 26.6. The zero-order valence-corrected chi connectivity index (χ0v) is 6.53. The van der Waals surface area contributed by atoms with Crippen LogP contribution in [0, 0.1) is 5.92 Å². The molecule has 3 N–H and O–H groups in total. The number of aliphatic carboxylic acids is 1. The number of carbonyl (C=O) groups is 1. The lowest BCUT2D eigenvalue weighted by atomic mass is 9.96. The van der Waals surface area contributed by atoms with E-state index < -0.39 is 23.2 Å². The van der Waals surface area contributed by atoms with E-state index in [2.05, 4.69) is 6.58 Å². The van der Waals surface area contributed by atoms with E-state index in [-0.39, 0.29) is 0 Å². The fourth-order valence-corrected chi connectivity index (χ4v) is 0.506. The molecule has 0 aromatic rings. The van der Waals surface area contributed by atoms with Crippen molar-refractivity contribution in [2.24, 2.45) is 5.92 Å². The Hall–Kier alpha value is -0.870. The van der Waals surface area contributed by atoms with Crippen LogP contribution < -0.4 is 0 Å². The molecule has 0 fully saturated rings. The average Bonchev–Trinajstić information content (AvgIpc) is 1.85. The van der Waals surface area contributed by atoms with Gasteiger partial charge in [0.05, 0.1) is 5.57 Å². The zero-order valence-electron chi connectivity index (χ0n) is 6.53. The molecule has 0 heterocycles. The zero-order chi connectivity index (χ0) is 9.23. The van der Waals surface area contributed by atoms with E-state index >= 15 is 0 Å². The van der Waals surface area contributed by atoms with Gasteiger partial charge in [0.2, 0.25) is 0 Å². The second kappa shape index (κ2) is 3.02. The van der Waals surface area contributed by atoms with Gasteiger partial charge in [0.15, 0.2) is 5.79 Å². The number of aliphatic hydroxyl groups is 2. The number of hydrogen-bond donors (Lipinski definition) is 3. The first-order chi connectivity index (χ1) is 4.80. The molecule has 4 nitrogen and oxygen atoms in total. The first-order valence-electron chi connectivity index (χ1n) is 3.17. The van der Waals surface area contributed by atoms with E-state index in [9.17, 15) is 4.79 Å². The van der Waals surface area contributed by atoms with Crippen LogP contribution in [0.2, 0.25) is 0 Å². The van der Waals surface area contributed by atoms with Crippen molar-refractivity contribution in [3.05, 3.63) is 12.2 Å². The van der Waals surface area contributed by atoms with Crippen molar-refractivity contribution in [3.8, 4) is 0 Å². The van der Waals surface area contributed by atoms with Gasteiger partial charge in [-0.25, -0.2) is 4.79 Å². The molecular weight excluding hydrogens is 148 g/mol. The van der Waals surface area contributed by atoms with Crippen molar-refractivity contribution >= 4 is 5.97 Å². The Kier molecular flexibility index (Phi) is 2.78. The molecule has 0 saturated heterocycles. The smallest absolute Gasteiger partial charge is 0.336 e. The number of carboxylic acid groups (broad SMARTS) is 1. The van der Waals surface area contributed by atoms with Gasteiger partial charge in [0.25, 0.3) is 0 Å². The van der Waals surface area contributed by atoms with E-state index in [1.54, 1.807) is 0 Å². The molecule has 0 saturated carbocycles. The quantitative estimate of drug-likeness (QED) is 0.400. The third-order valence-corrected chi connectivity index (χ3v) is 1.51. The van der Waals surface area contributed by atoms with Gasteiger partial charge in [-0.2, -0.15) is 0 Å². The minimum absolute atomic E-state index is 0.592. The second-order valence-electron chi connectivity index (χ2n) is 2.66. The number of rotatable bonds is 3. The Morgan fingerprint density at radius 3 is 1.91 bits per heavy atom. The largest absolute Gasteiger partial charge is 0.478 e. The Morgan fingerprint density at radius 2 is 1.82 bits per heavy atom. The fourth-order valence-electron chi connectivity index (χ4n) is 0.506. The molecule has 0 spiro atoms. The summed E-state index contributed by atoms with van der Waals surface area (Å²) in [4.78, 5) is 10.2. The lowest BCUT2D eigenvalue weighted by Crippen LogP contribution is -2.39. The molecule has 0 aliphatic rings. The molecule has 0 aromatic heterocycles. The molecule has 0 aliphatic carbocycles. The van der Waals surface area contributed by atoms with Crippen LogP contribution in [0.5, 0.6) is 0 Å². The van der Waals surface area contributed by atoms with Crippen molar-refractivity contribution in [1.29, 1.82) is 0 Å². The molecular formula is C7H12O4. The highest BCUT2D eigenvalue weighted by Crippen LogP contribution is 2.21. The van der Waals surface area contributed by atoms with Gasteiger partial charge in [0, 0.05) is 5.92 Å². The molecule has 0 atom stereocenters. The Labute approximate surface area is 64.8 Å². The van der Waals surface area contributed by atoms with Crippen LogP contribution in [0.4, 0.5) is 0 Å². The van der Waals surface area contributed by atoms with Crippen LogP contribution >= 0.6 is 0 Å². The second-order valence-corrected chi connectivity index (χ2v) is 2.66. The van der Waals surface area contributed by atoms with Crippen LogP contribution in [0.1, 0.15) is 13.8 Å². The fraction of sp³-hybridized carbons (Fsp3) is 0.571. The number of hydrogen-bond acceptors (Lipinski definition) is 3. The third-order valence-electron chi connectivity index (χ3n) is 1.51. The van der Waals surface area contributed by atoms with Crippen molar-refractivity contribution in [2.45, 2.75) is 19.6 Å². The first-order valence-corrected chi connectivity index (χ1v) is 3.17. The maximum absolute atomic E-state index is 10.2. The summed E-state index contributed by atoms with van der Waals surface area (Å²) in [6.07, 6.45) is 0. The minimum Gasteiger partial charge on any atom is -0.478 e. The van der Waals surface area contributed by atoms with Crippen molar-refractivity contribution in [3.63, 3.8) is 0 Å². The first kappa shape index (κ1) is 10.1. The number of carboxylic acids is 1. The standard InChI is InChI=1S/C7H12O4/c1-4(2)7(10,11)5(3)6(8)9/h4,10-11H,3H2,1-2H3,(H,8,9). The van der Waals surface area contributed by atoms with Crippen LogP contribution in [-0.2, 0) is 4.79 Å². The highest BCUT2D eigenvalue weighted by atomic mass is 16.5. The van der Waals surface area contributed by atoms with E-state index in [1.807, 2.05) is 0 Å². The Bertz CT molecular complexity index is 181. The lowest BCUT2D eigenvalue weighted by Gasteiger charge is -2.25. The van der Waals surface area contributed by atoms with Crippen molar-refractivity contribution in [2.75, 3.05) is 0 Å². The normalized spacial score (nSPS) is 11.7. The molecule has 4 heteroatoms. The van der Waals surface area contributed by atoms with Crippen LogP contribution in [0.25, 0.3) is 0 Å². The van der Waals surface area contributed by atoms with Gasteiger partial charge >= 0.3 is 5.97 Å². The SMILES string of the molecule is C=C(C(=O)O)C(O)(O)C(C)C. The summed E-state index contributed by atoms with van der Waals surface area (Å²) in [5.41, 5.74) is -0.604. The van der Waals surface area contributed by atoms with E-state index in [0.29, 0.717) is 0 Å². The summed E-state index contributed by atoms with van der Waals surface area (Å²) in [6, 6.07) is 0. The minimum atomic E-state index is -2.31. The van der Waals surface area contributed by atoms with Gasteiger partial charge in [-0.05, 0) is 0 Å². The Balaban J connectivity index is 4.56. The summed E-state index contributed by atoms with van der Waals surface area (Å²) in [5.74, 6) is -4.30. The maximum Gasteiger partial charge on any atom is 0.336 e. The monoisotopic (exact) mass is 160 g/mol. The summed E-state index contributed by atoms with van der Waals surface area (Å²) >= 11 is 0. The van der Waals surface area contributed by atoms with Gasteiger partial charge in [0.1, 0.15) is 0 Å². The van der Waals surface area contributed by atoms with E-state index in [1.165, 1.54) is 13.8 Å². The molecule has 11 heavy (non-hydrogen) atoms. The molecule has 0 aromatic carbocycles. The summed E-state index contributed by atoms with van der Waals surface area (Å²) in [6.45, 7) is 6.04. The lowest BCUT2D eigenvalue weighted by molar-refractivity contribution is -0.171. The highest BCUT2D eigenvalue weighted by molar-refractivity contribution is 5.87. The van der Waals surface area contributed by atoms with Crippen LogP contribution in [-0.4, -0.2) is 27.1 Å². The van der Waals surface area contributed by atoms with Crippen LogP contribution in [0.15, 0.2) is 12.2 Å². The molecule has 0 radical (unpaired) electrons. The molecule has 64 valence electrons. The topological polar surface area (TPSA) is 77.8 Å². The molecule has 0 unspecified atom stereocenters. The molecule has 0 aliphatic heterocycles. The van der Waals surface area contributed by atoms with Crippen molar-refractivity contribution < 1.29 is 20.1 Å². The molecule has 0 rings (SSSR count). The summed E-state index contributed by atoms with van der Waals surface area (Å²) < 4.78 is 0. The van der Waals surface area contributed by atoms with Gasteiger partial charge in [-0.15, -0.1) is 0 Å². The predicted molar refractivity (Wildman–Crippen MR) is 38.8 cm³/mol. The van der Waals surface area contributed by atoms with Crippen molar-refractivity contribution in [1.82, 2.24) is 0 Å². The van der Waals surface area contributed by atoms with E-state index in [0.717, 1.165) is 0 Å². The molecule has 0 bridgehead atoms. The van der Waals surface area contributed by atoms with Gasteiger partial charge < -0.3 is 15.3 Å². The summed E-state index contributed by atoms with van der Waals surface area (Å²) in [7, 11) is 0. The van der Waals surface area contributed by atoms with Gasteiger partial charge in [-0.1, -0.05) is 20.4 Å². The Morgan fingerprint density at radius 1 is 1.45 bits per heavy atom. The average molecular weight is 160 g/mol. The van der Waals surface area contributed by atoms with E-state index in [4.69, 9.17) is 15.3 Å².